The van der Waals surface area contributed by atoms with Crippen LogP contribution in [0.4, 0.5) is 11.6 Å². The van der Waals surface area contributed by atoms with Gasteiger partial charge in [-0.2, -0.15) is 11.8 Å². The molecule has 14 heavy (non-hydrogen) atoms. The van der Waals surface area contributed by atoms with Crippen molar-refractivity contribution in [2.24, 2.45) is 0 Å². The minimum absolute atomic E-state index is 0.695. The van der Waals surface area contributed by atoms with Gasteiger partial charge >= 0.3 is 0 Å². The van der Waals surface area contributed by atoms with E-state index < -0.39 is 0 Å². The third kappa shape index (κ3) is 1.29. The maximum absolute atomic E-state index is 5.43. The number of fused-ring (bicyclic) bond motifs is 3. The first kappa shape index (κ1) is 8.53. The fourth-order valence-corrected chi connectivity index (χ4v) is 3.34. The first-order valence-electron chi connectivity index (χ1n) is 5.11. The highest BCUT2D eigenvalue weighted by atomic mass is 32.2. The van der Waals surface area contributed by atoms with Gasteiger partial charge in [0.25, 0.3) is 0 Å². The first-order valence-corrected chi connectivity index (χ1v) is 6.26. The van der Waals surface area contributed by atoms with Crippen LogP contribution >= 0.6 is 11.8 Å². The molecule has 1 unspecified atom stereocenters. The van der Waals surface area contributed by atoms with E-state index in [-0.39, 0.29) is 0 Å². The van der Waals surface area contributed by atoms with Crippen LogP contribution in [0.1, 0.15) is 6.42 Å². The monoisotopic (exact) mass is 210 g/mol. The van der Waals surface area contributed by atoms with Crippen LogP contribution in [-0.4, -0.2) is 30.6 Å². The van der Waals surface area contributed by atoms with Gasteiger partial charge < -0.3 is 14.6 Å². The highest BCUT2D eigenvalue weighted by Crippen LogP contribution is 2.34. The molecular formula is C10H14N2OS. The molecule has 0 spiro atoms. The van der Waals surface area contributed by atoms with Gasteiger partial charge in [0.1, 0.15) is 5.69 Å². The van der Waals surface area contributed by atoms with Crippen molar-refractivity contribution in [3.63, 3.8) is 0 Å². The second-order valence-corrected chi connectivity index (χ2v) is 4.92. The lowest BCUT2D eigenvalue weighted by molar-refractivity contribution is 0.580. The molecule has 1 atom stereocenters. The molecule has 1 N–H and O–H groups in total. The molecule has 0 bridgehead atoms. The molecule has 1 saturated heterocycles. The summed E-state index contributed by atoms with van der Waals surface area (Å²) in [5, 5.41) is 3.34. The summed E-state index contributed by atoms with van der Waals surface area (Å²) in [5.74, 6) is 3.45. The Bertz CT molecular complexity index is 326. The number of hydrogen-bond acceptors (Lipinski definition) is 4. The Morgan fingerprint density at radius 2 is 2.57 bits per heavy atom. The number of anilines is 2. The van der Waals surface area contributed by atoms with Crippen LogP contribution in [0.25, 0.3) is 0 Å². The summed E-state index contributed by atoms with van der Waals surface area (Å²) in [5.41, 5.74) is 1.26. The zero-order valence-electron chi connectivity index (χ0n) is 8.03. The highest BCUT2D eigenvalue weighted by Gasteiger charge is 2.28. The van der Waals surface area contributed by atoms with Gasteiger partial charge in [-0.1, -0.05) is 0 Å². The SMILES string of the molecule is c1cc2c(o1)NCCC1CSCCN21. The summed E-state index contributed by atoms with van der Waals surface area (Å²) < 4.78 is 5.43. The summed E-state index contributed by atoms with van der Waals surface area (Å²) in [4.78, 5) is 2.50. The van der Waals surface area contributed by atoms with Gasteiger partial charge in [0.05, 0.1) is 6.26 Å². The maximum Gasteiger partial charge on any atom is 0.216 e. The molecule has 2 aliphatic heterocycles. The molecule has 2 aliphatic rings. The van der Waals surface area contributed by atoms with Crippen LogP contribution < -0.4 is 10.2 Å². The number of nitrogens with one attached hydrogen (secondary N) is 1. The van der Waals surface area contributed by atoms with Gasteiger partial charge in [0.2, 0.25) is 5.88 Å². The van der Waals surface area contributed by atoms with Crippen LogP contribution in [0.5, 0.6) is 0 Å². The molecule has 0 radical (unpaired) electrons. The van der Waals surface area contributed by atoms with Crippen LogP contribution in [-0.2, 0) is 0 Å². The van der Waals surface area contributed by atoms with Gasteiger partial charge in [-0.3, -0.25) is 0 Å². The van der Waals surface area contributed by atoms with Gasteiger partial charge in [0, 0.05) is 36.7 Å². The average molecular weight is 210 g/mol. The van der Waals surface area contributed by atoms with Gasteiger partial charge in [0.15, 0.2) is 0 Å². The smallest absolute Gasteiger partial charge is 0.216 e. The first-order chi connectivity index (χ1) is 6.95. The number of thioether (sulfide) groups is 1. The molecule has 0 aliphatic carbocycles. The van der Waals surface area contributed by atoms with Crippen molar-refractivity contribution in [1.29, 1.82) is 0 Å². The van der Waals surface area contributed by atoms with Crippen molar-refractivity contribution in [1.82, 2.24) is 0 Å². The number of hydrogen-bond donors (Lipinski definition) is 1. The van der Waals surface area contributed by atoms with Crippen molar-refractivity contribution in [2.75, 3.05) is 34.8 Å². The van der Waals surface area contributed by atoms with E-state index in [9.17, 15) is 0 Å². The van der Waals surface area contributed by atoms with Gasteiger partial charge in [-0.15, -0.1) is 0 Å². The molecule has 0 saturated carbocycles. The molecule has 3 nitrogen and oxygen atoms in total. The topological polar surface area (TPSA) is 28.4 Å². The van der Waals surface area contributed by atoms with E-state index in [1.54, 1.807) is 6.26 Å². The fourth-order valence-electron chi connectivity index (χ4n) is 2.22. The molecular weight excluding hydrogens is 196 g/mol. The lowest BCUT2D eigenvalue weighted by atomic mass is 10.2. The van der Waals surface area contributed by atoms with Crippen molar-refractivity contribution < 1.29 is 4.42 Å². The van der Waals surface area contributed by atoms with Crippen LogP contribution in [0.2, 0.25) is 0 Å². The predicted molar refractivity (Wildman–Crippen MR) is 60.3 cm³/mol. The summed E-state index contributed by atoms with van der Waals surface area (Å²) in [7, 11) is 0. The lowest BCUT2D eigenvalue weighted by Gasteiger charge is -2.34. The Kier molecular flexibility index (Phi) is 2.09. The molecule has 0 amide bonds. The molecule has 3 rings (SSSR count). The summed E-state index contributed by atoms with van der Waals surface area (Å²) in [6, 6.07) is 2.77. The highest BCUT2D eigenvalue weighted by molar-refractivity contribution is 7.99. The van der Waals surface area contributed by atoms with E-state index in [0.29, 0.717) is 6.04 Å². The van der Waals surface area contributed by atoms with Gasteiger partial charge in [-0.05, 0) is 6.42 Å². The lowest BCUT2D eigenvalue weighted by Crippen LogP contribution is -2.42. The minimum Gasteiger partial charge on any atom is -0.447 e. The van der Waals surface area contributed by atoms with Crippen molar-refractivity contribution in [3.8, 4) is 0 Å². The number of nitrogens with zero attached hydrogens (tertiary/aromatic N) is 1. The Labute approximate surface area is 87.8 Å². The summed E-state index contributed by atoms with van der Waals surface area (Å²) in [6.07, 6.45) is 3.00. The molecule has 76 valence electrons. The van der Waals surface area contributed by atoms with E-state index in [0.717, 1.165) is 19.0 Å². The largest absolute Gasteiger partial charge is 0.447 e. The fraction of sp³-hybridized carbons (Fsp3) is 0.600. The second kappa shape index (κ2) is 3.42. The number of furan rings is 1. The zero-order valence-corrected chi connectivity index (χ0v) is 8.85. The van der Waals surface area contributed by atoms with E-state index in [4.69, 9.17) is 4.42 Å². The Morgan fingerprint density at radius 3 is 3.57 bits per heavy atom. The standard InChI is InChI=1S/C10H14N2OS/c1-3-11-10-9(2-5-13-10)12-4-6-14-7-8(1)12/h2,5,8,11H,1,3-4,6-7H2. The Hall–Kier alpha value is -0.770. The minimum atomic E-state index is 0.695. The quantitative estimate of drug-likeness (QED) is 0.709. The third-order valence-corrected chi connectivity index (χ3v) is 4.04. The van der Waals surface area contributed by atoms with Gasteiger partial charge in [-0.25, -0.2) is 0 Å². The normalized spacial score (nSPS) is 26.0. The predicted octanol–water partition coefficient (Wildman–Crippen LogP) is 2.02. The van der Waals surface area contributed by atoms with Crippen molar-refractivity contribution in [3.05, 3.63) is 12.3 Å². The van der Waals surface area contributed by atoms with E-state index in [2.05, 4.69) is 28.0 Å². The van der Waals surface area contributed by atoms with E-state index in [1.165, 1.54) is 23.6 Å². The third-order valence-electron chi connectivity index (χ3n) is 2.94. The van der Waals surface area contributed by atoms with Crippen LogP contribution in [0, 0.1) is 0 Å². The second-order valence-electron chi connectivity index (χ2n) is 3.77. The van der Waals surface area contributed by atoms with Crippen LogP contribution in [0.15, 0.2) is 16.7 Å². The Morgan fingerprint density at radius 1 is 1.57 bits per heavy atom. The molecule has 1 aromatic heterocycles. The summed E-state index contributed by atoms with van der Waals surface area (Å²) in [6.45, 7) is 2.19. The van der Waals surface area contributed by atoms with Crippen molar-refractivity contribution >= 4 is 23.3 Å². The molecule has 1 aromatic rings. The Balaban J connectivity index is 1.96. The molecule has 1 fully saturated rings. The molecule has 3 heterocycles. The number of rotatable bonds is 0. The van der Waals surface area contributed by atoms with Crippen molar-refractivity contribution in [2.45, 2.75) is 12.5 Å². The van der Waals surface area contributed by atoms with E-state index >= 15 is 0 Å². The van der Waals surface area contributed by atoms with E-state index in [1.807, 2.05) is 0 Å². The molecule has 4 heteroatoms. The molecule has 0 aromatic carbocycles. The summed E-state index contributed by atoms with van der Waals surface area (Å²) >= 11 is 2.07. The maximum atomic E-state index is 5.43. The van der Waals surface area contributed by atoms with Crippen LogP contribution in [0.3, 0.4) is 0 Å². The average Bonchev–Trinajstić information content (AvgIpc) is 2.61. The zero-order chi connectivity index (χ0) is 9.38.